The summed E-state index contributed by atoms with van der Waals surface area (Å²) in [6, 6.07) is 8.11. The largest absolute Gasteiger partial charge is 0.506 e. The van der Waals surface area contributed by atoms with Gasteiger partial charge in [-0.1, -0.05) is 26.8 Å². The Morgan fingerprint density at radius 2 is 1.86 bits per heavy atom. The lowest BCUT2D eigenvalue weighted by Crippen LogP contribution is -2.27. The van der Waals surface area contributed by atoms with Gasteiger partial charge in [0.15, 0.2) is 0 Å². The Labute approximate surface area is 133 Å². The summed E-state index contributed by atoms with van der Waals surface area (Å²) in [5.74, 6) is -0.527. The van der Waals surface area contributed by atoms with E-state index in [9.17, 15) is 14.7 Å². The molecule has 0 saturated carbocycles. The fourth-order valence-corrected chi connectivity index (χ4v) is 2.24. The van der Waals surface area contributed by atoms with E-state index in [0.717, 1.165) is 0 Å². The van der Waals surface area contributed by atoms with Crippen molar-refractivity contribution in [1.82, 2.24) is 0 Å². The van der Waals surface area contributed by atoms with Gasteiger partial charge in [-0.05, 0) is 23.6 Å². The van der Waals surface area contributed by atoms with E-state index in [1.165, 1.54) is 17.4 Å². The minimum Gasteiger partial charge on any atom is -0.506 e. The molecule has 2 aromatic rings. The second kappa shape index (κ2) is 6.19. The van der Waals surface area contributed by atoms with Crippen LogP contribution in [0.1, 0.15) is 30.4 Å². The molecule has 3 N–H and O–H groups in total. The first-order valence-electron chi connectivity index (χ1n) is 6.77. The van der Waals surface area contributed by atoms with Crippen LogP contribution in [0.25, 0.3) is 0 Å². The second-order valence-electron chi connectivity index (χ2n) is 5.87. The molecule has 22 heavy (non-hydrogen) atoms. The number of thiophene rings is 1. The highest BCUT2D eigenvalue weighted by atomic mass is 32.1. The molecule has 0 radical (unpaired) electrons. The third-order valence-electron chi connectivity index (χ3n) is 2.93. The number of nitrogens with one attached hydrogen (secondary N) is 2. The van der Waals surface area contributed by atoms with Crippen molar-refractivity contribution < 1.29 is 14.7 Å². The first-order chi connectivity index (χ1) is 10.3. The predicted molar refractivity (Wildman–Crippen MR) is 88.5 cm³/mol. The molecule has 116 valence electrons. The molecule has 6 heteroatoms. The van der Waals surface area contributed by atoms with Gasteiger partial charge in [0, 0.05) is 17.2 Å². The zero-order valence-electron chi connectivity index (χ0n) is 12.6. The molecule has 0 unspecified atom stereocenters. The maximum absolute atomic E-state index is 11.9. The lowest BCUT2D eigenvalue weighted by molar-refractivity contribution is -0.123. The molecule has 1 heterocycles. The monoisotopic (exact) mass is 318 g/mol. The zero-order valence-corrected chi connectivity index (χ0v) is 13.5. The van der Waals surface area contributed by atoms with Gasteiger partial charge in [0.05, 0.1) is 10.6 Å². The van der Waals surface area contributed by atoms with Crippen molar-refractivity contribution in [2.45, 2.75) is 20.8 Å². The van der Waals surface area contributed by atoms with Gasteiger partial charge in [-0.3, -0.25) is 9.59 Å². The molecule has 0 fully saturated rings. The van der Waals surface area contributed by atoms with Crippen molar-refractivity contribution in [1.29, 1.82) is 0 Å². The van der Waals surface area contributed by atoms with Gasteiger partial charge in [-0.15, -0.1) is 11.3 Å². The summed E-state index contributed by atoms with van der Waals surface area (Å²) in [5.41, 5.74) is 0.220. The highest BCUT2D eigenvalue weighted by Crippen LogP contribution is 2.29. The summed E-state index contributed by atoms with van der Waals surface area (Å²) < 4.78 is 0. The number of phenols is 1. The third-order valence-corrected chi connectivity index (χ3v) is 3.80. The molecule has 0 bridgehead atoms. The normalized spacial score (nSPS) is 11.0. The Bertz CT molecular complexity index is 688. The molecule has 2 amide bonds. The first kappa shape index (κ1) is 16.0. The Kier molecular flexibility index (Phi) is 4.51. The van der Waals surface area contributed by atoms with E-state index in [1.807, 2.05) is 5.38 Å². The van der Waals surface area contributed by atoms with Crippen molar-refractivity contribution in [2.24, 2.45) is 5.41 Å². The predicted octanol–water partition coefficient (Wildman–Crippen LogP) is 3.69. The lowest BCUT2D eigenvalue weighted by atomic mass is 9.95. The number of carbonyl (C=O) groups excluding carboxylic acids is 2. The van der Waals surface area contributed by atoms with Crippen LogP contribution in [-0.2, 0) is 4.79 Å². The molecule has 0 atom stereocenters. The van der Waals surface area contributed by atoms with E-state index >= 15 is 0 Å². The fraction of sp³-hybridized carbons (Fsp3) is 0.250. The molecule has 0 aliphatic carbocycles. The number of aromatic hydroxyl groups is 1. The van der Waals surface area contributed by atoms with Crippen LogP contribution >= 0.6 is 11.3 Å². The highest BCUT2D eigenvalue weighted by molar-refractivity contribution is 7.12. The molecule has 5 nitrogen and oxygen atoms in total. The average Bonchev–Trinajstić information content (AvgIpc) is 2.94. The van der Waals surface area contributed by atoms with E-state index in [0.29, 0.717) is 16.3 Å². The minimum absolute atomic E-state index is 0.0958. The molecule has 0 saturated heterocycles. The number of hydrogen-bond donors (Lipinski definition) is 3. The van der Waals surface area contributed by atoms with Gasteiger partial charge in [0.25, 0.3) is 5.91 Å². The summed E-state index contributed by atoms with van der Waals surface area (Å²) in [6.07, 6.45) is 0. The number of amides is 2. The topological polar surface area (TPSA) is 78.4 Å². The van der Waals surface area contributed by atoms with Crippen LogP contribution in [0.4, 0.5) is 11.4 Å². The summed E-state index contributed by atoms with van der Waals surface area (Å²) in [5, 5.41) is 17.2. The van der Waals surface area contributed by atoms with Gasteiger partial charge >= 0.3 is 0 Å². The van der Waals surface area contributed by atoms with Gasteiger partial charge in [-0.2, -0.15) is 0 Å². The van der Waals surface area contributed by atoms with Crippen molar-refractivity contribution in [3.05, 3.63) is 40.6 Å². The Hall–Kier alpha value is -2.34. The maximum Gasteiger partial charge on any atom is 0.265 e. The van der Waals surface area contributed by atoms with E-state index in [-0.39, 0.29) is 17.6 Å². The summed E-state index contributed by atoms with van der Waals surface area (Å²) in [4.78, 5) is 24.4. The fourth-order valence-electron chi connectivity index (χ4n) is 1.63. The minimum atomic E-state index is -0.557. The van der Waals surface area contributed by atoms with Crippen LogP contribution in [0.3, 0.4) is 0 Å². The first-order valence-corrected chi connectivity index (χ1v) is 7.64. The van der Waals surface area contributed by atoms with Crippen LogP contribution in [0.2, 0.25) is 0 Å². The van der Waals surface area contributed by atoms with Crippen LogP contribution < -0.4 is 10.6 Å². The molecular formula is C16H18N2O3S. The Balaban J connectivity index is 2.10. The van der Waals surface area contributed by atoms with Crippen molar-refractivity contribution >= 4 is 34.5 Å². The molecule has 0 spiro atoms. The van der Waals surface area contributed by atoms with Crippen LogP contribution in [0, 0.1) is 5.41 Å². The average molecular weight is 318 g/mol. The number of phenolic OH excluding ortho intramolecular Hbond substituents is 1. The maximum atomic E-state index is 11.9. The van der Waals surface area contributed by atoms with Gasteiger partial charge < -0.3 is 15.7 Å². The molecule has 0 aliphatic heterocycles. The third kappa shape index (κ3) is 3.85. The van der Waals surface area contributed by atoms with Crippen LogP contribution in [0.5, 0.6) is 5.75 Å². The zero-order chi connectivity index (χ0) is 16.3. The molecule has 0 aliphatic rings. The smallest absolute Gasteiger partial charge is 0.265 e. The molecule has 1 aromatic heterocycles. The summed E-state index contributed by atoms with van der Waals surface area (Å²) in [7, 11) is 0. The van der Waals surface area contributed by atoms with Gasteiger partial charge in [-0.25, -0.2) is 0 Å². The Morgan fingerprint density at radius 1 is 1.14 bits per heavy atom. The van der Waals surface area contributed by atoms with Crippen LogP contribution in [0.15, 0.2) is 35.7 Å². The number of carbonyl (C=O) groups is 2. The number of anilines is 2. The number of hydrogen-bond acceptors (Lipinski definition) is 4. The quantitative estimate of drug-likeness (QED) is 0.755. The van der Waals surface area contributed by atoms with Crippen molar-refractivity contribution in [3.8, 4) is 5.75 Å². The molecular weight excluding hydrogens is 300 g/mol. The second-order valence-corrected chi connectivity index (χ2v) is 6.82. The molecule has 2 rings (SSSR count). The van der Waals surface area contributed by atoms with Gasteiger partial charge in [0.1, 0.15) is 5.75 Å². The SMILES string of the molecule is CC(C)(C)C(=O)Nc1ccc(NC(=O)c2cccs2)cc1O. The number of rotatable bonds is 3. The number of benzene rings is 1. The van der Waals surface area contributed by atoms with Gasteiger partial charge in [0.2, 0.25) is 5.91 Å². The lowest BCUT2D eigenvalue weighted by Gasteiger charge is -2.18. The van der Waals surface area contributed by atoms with Crippen molar-refractivity contribution in [2.75, 3.05) is 10.6 Å². The van der Waals surface area contributed by atoms with Crippen molar-refractivity contribution in [3.63, 3.8) is 0 Å². The standard InChI is InChI=1S/C16H18N2O3S/c1-16(2,3)15(21)18-11-7-6-10(9-12(11)19)17-14(20)13-5-4-8-22-13/h4-9,19H,1-3H3,(H,17,20)(H,18,21). The summed E-state index contributed by atoms with van der Waals surface area (Å²) in [6.45, 7) is 5.36. The van der Waals surface area contributed by atoms with Crippen LogP contribution in [-0.4, -0.2) is 16.9 Å². The highest BCUT2D eigenvalue weighted by Gasteiger charge is 2.22. The molecule has 1 aromatic carbocycles. The van der Waals surface area contributed by atoms with E-state index in [2.05, 4.69) is 10.6 Å². The van der Waals surface area contributed by atoms with E-state index in [1.54, 1.807) is 45.0 Å². The van der Waals surface area contributed by atoms with E-state index < -0.39 is 5.41 Å². The summed E-state index contributed by atoms with van der Waals surface area (Å²) >= 11 is 1.34. The Morgan fingerprint density at radius 3 is 2.41 bits per heavy atom. The van der Waals surface area contributed by atoms with E-state index in [4.69, 9.17) is 0 Å².